The van der Waals surface area contributed by atoms with Gasteiger partial charge in [-0.1, -0.05) is 0 Å². The Labute approximate surface area is 139 Å². The largest absolute Gasteiger partial charge is 0.479 e. The number of rotatable bonds is 4. The molecule has 0 saturated carbocycles. The molecule has 1 aromatic carbocycles. The number of halogens is 1. The van der Waals surface area contributed by atoms with Crippen molar-refractivity contribution >= 4 is 5.97 Å². The van der Waals surface area contributed by atoms with Crippen LogP contribution in [0, 0.1) is 19.7 Å². The Balaban J connectivity index is 1.89. The fourth-order valence-corrected chi connectivity index (χ4v) is 3.00. The Kier molecular flexibility index (Phi) is 4.64. The van der Waals surface area contributed by atoms with Crippen molar-refractivity contribution in [3.05, 3.63) is 47.0 Å². The fourth-order valence-electron chi connectivity index (χ4n) is 3.00. The van der Waals surface area contributed by atoms with Crippen LogP contribution in [0.1, 0.15) is 17.0 Å². The molecule has 7 heteroatoms. The number of aryl methyl sites for hydroxylation is 2. The Hall–Kier alpha value is -2.25. The number of nitrogens with zero attached hydrogens (tertiary/aromatic N) is 3. The number of carboxylic acids is 1. The molecule has 6 nitrogen and oxygen atoms in total. The van der Waals surface area contributed by atoms with Crippen molar-refractivity contribution in [2.24, 2.45) is 0 Å². The number of benzene rings is 1. The molecule has 0 spiro atoms. The van der Waals surface area contributed by atoms with Crippen molar-refractivity contribution in [1.82, 2.24) is 14.7 Å². The monoisotopic (exact) mass is 333 g/mol. The summed E-state index contributed by atoms with van der Waals surface area (Å²) in [4.78, 5) is 13.1. The molecule has 0 radical (unpaired) electrons. The standard InChI is InChI=1S/C17H20FN3O3/c1-11-7-12(2)21(19-11)15-4-3-14(18)8-13(15)9-20-5-6-24-16(10-20)17(22)23/h3-4,7-8,16H,5-6,9-10H2,1-2H3,(H,22,23)/t16-/m0/s1. The summed E-state index contributed by atoms with van der Waals surface area (Å²) < 4.78 is 20.8. The second-order valence-corrected chi connectivity index (χ2v) is 6.04. The lowest BCUT2D eigenvalue weighted by Gasteiger charge is -2.31. The normalized spacial score (nSPS) is 18.7. The number of aromatic nitrogens is 2. The summed E-state index contributed by atoms with van der Waals surface area (Å²) in [5, 5.41) is 13.6. The third-order valence-corrected chi connectivity index (χ3v) is 4.10. The first-order chi connectivity index (χ1) is 11.4. The Morgan fingerprint density at radius 2 is 2.21 bits per heavy atom. The van der Waals surface area contributed by atoms with Crippen LogP contribution in [0.5, 0.6) is 0 Å². The molecule has 0 bridgehead atoms. The quantitative estimate of drug-likeness (QED) is 0.926. The number of carbonyl (C=O) groups is 1. The molecule has 0 aliphatic carbocycles. The van der Waals surface area contributed by atoms with E-state index >= 15 is 0 Å². The van der Waals surface area contributed by atoms with E-state index in [9.17, 15) is 9.18 Å². The smallest absolute Gasteiger partial charge is 0.334 e. The van der Waals surface area contributed by atoms with Crippen LogP contribution < -0.4 is 0 Å². The molecule has 24 heavy (non-hydrogen) atoms. The molecule has 0 unspecified atom stereocenters. The van der Waals surface area contributed by atoms with Gasteiger partial charge in [0.1, 0.15) is 5.82 Å². The van der Waals surface area contributed by atoms with Crippen LogP contribution in [0.15, 0.2) is 24.3 Å². The third-order valence-electron chi connectivity index (χ3n) is 4.10. The van der Waals surface area contributed by atoms with Crippen molar-refractivity contribution < 1.29 is 19.0 Å². The second-order valence-electron chi connectivity index (χ2n) is 6.04. The number of hydrogen-bond acceptors (Lipinski definition) is 4. The summed E-state index contributed by atoms with van der Waals surface area (Å²) in [5.74, 6) is -1.30. The molecular weight excluding hydrogens is 313 g/mol. The number of carboxylic acid groups (broad SMARTS) is 1. The van der Waals surface area contributed by atoms with Crippen molar-refractivity contribution in [1.29, 1.82) is 0 Å². The molecule has 1 aliphatic rings. The van der Waals surface area contributed by atoms with Crippen molar-refractivity contribution in [2.45, 2.75) is 26.5 Å². The van der Waals surface area contributed by atoms with Gasteiger partial charge in [0.15, 0.2) is 6.10 Å². The first-order valence-electron chi connectivity index (χ1n) is 7.83. The van der Waals surface area contributed by atoms with Crippen LogP contribution in [0.4, 0.5) is 4.39 Å². The number of hydrogen-bond donors (Lipinski definition) is 1. The van der Waals surface area contributed by atoms with Crippen LogP contribution >= 0.6 is 0 Å². The maximum atomic E-state index is 13.8. The SMILES string of the molecule is Cc1cc(C)n(-c2ccc(F)cc2CN2CCO[C@H](C(=O)O)C2)n1. The summed E-state index contributed by atoms with van der Waals surface area (Å²) in [6.07, 6.45) is -0.843. The fraction of sp³-hybridized carbons (Fsp3) is 0.412. The maximum Gasteiger partial charge on any atom is 0.334 e. The average Bonchev–Trinajstić information content (AvgIpc) is 2.86. The minimum absolute atomic E-state index is 0.280. The first-order valence-corrected chi connectivity index (χ1v) is 7.83. The molecule has 1 fully saturated rings. The highest BCUT2D eigenvalue weighted by molar-refractivity contribution is 5.72. The molecule has 2 aromatic rings. The van der Waals surface area contributed by atoms with Crippen molar-refractivity contribution in [3.8, 4) is 5.69 Å². The molecular formula is C17H20FN3O3. The number of ether oxygens (including phenoxy) is 1. The van der Waals surface area contributed by atoms with Crippen molar-refractivity contribution in [3.63, 3.8) is 0 Å². The van der Waals surface area contributed by atoms with Crippen LogP contribution in [-0.2, 0) is 16.1 Å². The van der Waals surface area contributed by atoms with E-state index < -0.39 is 12.1 Å². The van der Waals surface area contributed by atoms with E-state index in [1.165, 1.54) is 12.1 Å². The van der Waals surface area contributed by atoms with Gasteiger partial charge in [-0.05, 0) is 43.7 Å². The maximum absolute atomic E-state index is 13.8. The highest BCUT2D eigenvalue weighted by atomic mass is 19.1. The van der Waals surface area contributed by atoms with Gasteiger partial charge in [0.05, 0.1) is 18.0 Å². The second kappa shape index (κ2) is 6.70. The van der Waals surface area contributed by atoms with E-state index in [0.717, 1.165) is 22.6 Å². The molecule has 1 atom stereocenters. The summed E-state index contributed by atoms with van der Waals surface area (Å²) in [5.41, 5.74) is 3.43. The van der Waals surface area contributed by atoms with E-state index in [4.69, 9.17) is 9.84 Å². The lowest BCUT2D eigenvalue weighted by Crippen LogP contribution is -2.45. The minimum Gasteiger partial charge on any atom is -0.479 e. The summed E-state index contributed by atoms with van der Waals surface area (Å²) in [6, 6.07) is 6.56. The van der Waals surface area contributed by atoms with Gasteiger partial charge in [-0.25, -0.2) is 13.9 Å². The van der Waals surface area contributed by atoms with E-state index in [2.05, 4.69) is 5.10 Å². The highest BCUT2D eigenvalue weighted by Crippen LogP contribution is 2.21. The molecule has 1 saturated heterocycles. The van der Waals surface area contributed by atoms with E-state index in [1.807, 2.05) is 24.8 Å². The summed E-state index contributed by atoms with van der Waals surface area (Å²) in [7, 11) is 0. The van der Waals surface area contributed by atoms with Gasteiger partial charge in [-0.3, -0.25) is 4.90 Å². The summed E-state index contributed by atoms with van der Waals surface area (Å²) >= 11 is 0. The van der Waals surface area contributed by atoms with Gasteiger partial charge < -0.3 is 9.84 Å². The average molecular weight is 333 g/mol. The van der Waals surface area contributed by atoms with Gasteiger partial charge in [0.25, 0.3) is 0 Å². The van der Waals surface area contributed by atoms with Crippen LogP contribution in [0.2, 0.25) is 0 Å². The number of morpholine rings is 1. The van der Waals surface area contributed by atoms with E-state index in [-0.39, 0.29) is 12.4 Å². The molecule has 1 N–H and O–H groups in total. The number of aliphatic carboxylic acids is 1. The van der Waals surface area contributed by atoms with Gasteiger partial charge in [-0.15, -0.1) is 0 Å². The Morgan fingerprint density at radius 3 is 2.88 bits per heavy atom. The Bertz CT molecular complexity index is 760. The molecule has 0 amide bonds. The van der Waals surface area contributed by atoms with Crippen LogP contribution in [0.3, 0.4) is 0 Å². The molecule has 1 aromatic heterocycles. The zero-order valence-electron chi connectivity index (χ0n) is 13.7. The van der Waals surface area contributed by atoms with Gasteiger partial charge in [0, 0.05) is 25.3 Å². The zero-order valence-corrected chi connectivity index (χ0v) is 13.7. The first kappa shape index (κ1) is 16.6. The zero-order chi connectivity index (χ0) is 17.3. The van der Waals surface area contributed by atoms with Gasteiger partial charge in [-0.2, -0.15) is 5.10 Å². The Morgan fingerprint density at radius 1 is 1.42 bits per heavy atom. The lowest BCUT2D eigenvalue weighted by atomic mass is 10.1. The molecule has 1 aliphatic heterocycles. The van der Waals surface area contributed by atoms with E-state index in [0.29, 0.717) is 19.7 Å². The molecule has 128 valence electrons. The van der Waals surface area contributed by atoms with Crippen LogP contribution in [0.25, 0.3) is 5.69 Å². The predicted molar refractivity (Wildman–Crippen MR) is 85.6 cm³/mol. The lowest BCUT2D eigenvalue weighted by molar-refractivity contribution is -0.156. The van der Waals surface area contributed by atoms with Crippen LogP contribution in [-0.4, -0.2) is 51.6 Å². The third kappa shape index (κ3) is 3.47. The highest BCUT2D eigenvalue weighted by Gasteiger charge is 2.26. The van der Waals surface area contributed by atoms with E-state index in [1.54, 1.807) is 10.7 Å². The topological polar surface area (TPSA) is 67.6 Å². The van der Waals surface area contributed by atoms with Crippen molar-refractivity contribution in [2.75, 3.05) is 19.7 Å². The summed E-state index contributed by atoms with van der Waals surface area (Å²) in [6.45, 7) is 5.54. The van der Waals surface area contributed by atoms with Gasteiger partial charge in [0.2, 0.25) is 0 Å². The molecule has 2 heterocycles. The molecule has 3 rings (SSSR count). The predicted octanol–water partition coefficient (Wildman–Crippen LogP) is 1.91. The van der Waals surface area contributed by atoms with Gasteiger partial charge >= 0.3 is 5.97 Å². The minimum atomic E-state index is -0.974.